The summed E-state index contributed by atoms with van der Waals surface area (Å²) < 4.78 is 30.7. The molecule has 160 valence electrons. The number of nitrogens with one attached hydrogen (secondary N) is 1. The van der Waals surface area contributed by atoms with Crippen molar-refractivity contribution < 1.29 is 37.1 Å². The largest absolute Gasteiger partial charge is 0.459 e. The van der Waals surface area contributed by atoms with E-state index in [-0.39, 0.29) is 18.4 Å². The highest BCUT2D eigenvalue weighted by Crippen LogP contribution is 2.32. The fourth-order valence-corrected chi connectivity index (χ4v) is 4.67. The monoisotopic (exact) mass is 436 g/mol. The molecule has 11 heteroatoms. The van der Waals surface area contributed by atoms with Crippen molar-refractivity contribution in [3.8, 4) is 0 Å². The molecular formula is C19H20N2O8S. The standard InChI is InChI=1S/C19H20N2O8S/c1-19(2,3)29-14(23)9-30(27,28)12-6-4-5-10-15(12)18(26)21(17(10)25)11-7-8-13(22)20-16(11)24/h4-6,11H,7-9H2,1-3H3,(H,20,22,24). The summed E-state index contributed by atoms with van der Waals surface area (Å²) in [4.78, 5) is 61.5. The van der Waals surface area contributed by atoms with Gasteiger partial charge in [-0.05, 0) is 39.3 Å². The minimum absolute atomic E-state index is 0.0594. The van der Waals surface area contributed by atoms with Crippen LogP contribution in [0.25, 0.3) is 0 Å². The molecule has 0 radical (unpaired) electrons. The number of benzene rings is 1. The molecule has 1 aromatic rings. The van der Waals surface area contributed by atoms with Crippen molar-refractivity contribution in [2.45, 2.75) is 50.2 Å². The van der Waals surface area contributed by atoms with Gasteiger partial charge in [0.15, 0.2) is 15.6 Å². The molecule has 0 spiro atoms. The highest BCUT2D eigenvalue weighted by Gasteiger charge is 2.47. The van der Waals surface area contributed by atoms with E-state index < -0.39 is 67.3 Å². The molecule has 1 fully saturated rings. The van der Waals surface area contributed by atoms with E-state index in [0.29, 0.717) is 4.90 Å². The molecule has 2 heterocycles. The number of sulfone groups is 1. The van der Waals surface area contributed by atoms with Crippen LogP contribution in [0.3, 0.4) is 0 Å². The zero-order chi connectivity index (χ0) is 22.4. The number of carbonyl (C=O) groups is 5. The Morgan fingerprint density at radius 1 is 1.17 bits per heavy atom. The predicted molar refractivity (Wildman–Crippen MR) is 101 cm³/mol. The van der Waals surface area contributed by atoms with Gasteiger partial charge in [-0.15, -0.1) is 0 Å². The number of fused-ring (bicyclic) bond motifs is 1. The Balaban J connectivity index is 1.96. The Morgan fingerprint density at radius 3 is 2.43 bits per heavy atom. The lowest BCUT2D eigenvalue weighted by atomic mass is 10.0. The van der Waals surface area contributed by atoms with Crippen LogP contribution in [0.4, 0.5) is 0 Å². The second kappa shape index (κ2) is 7.31. The first-order valence-electron chi connectivity index (χ1n) is 9.11. The molecule has 1 unspecified atom stereocenters. The molecule has 0 aromatic heterocycles. The third-order valence-electron chi connectivity index (χ3n) is 4.49. The number of amides is 4. The van der Waals surface area contributed by atoms with Gasteiger partial charge in [0.05, 0.1) is 16.0 Å². The summed E-state index contributed by atoms with van der Waals surface area (Å²) >= 11 is 0. The van der Waals surface area contributed by atoms with Gasteiger partial charge in [-0.3, -0.25) is 34.2 Å². The minimum atomic E-state index is -4.32. The molecule has 10 nitrogen and oxygen atoms in total. The van der Waals surface area contributed by atoms with Crippen molar-refractivity contribution in [3.63, 3.8) is 0 Å². The molecule has 1 saturated heterocycles. The highest BCUT2D eigenvalue weighted by atomic mass is 32.2. The van der Waals surface area contributed by atoms with E-state index in [1.54, 1.807) is 20.8 Å². The maximum Gasteiger partial charge on any atom is 0.322 e. The SMILES string of the molecule is CC(C)(C)OC(=O)CS(=O)(=O)c1cccc2c1C(=O)N(C1CCC(=O)NC1=O)C2=O. The molecular weight excluding hydrogens is 416 g/mol. The maximum atomic E-state index is 13.0. The summed E-state index contributed by atoms with van der Waals surface area (Å²) in [6, 6.07) is 2.45. The van der Waals surface area contributed by atoms with Gasteiger partial charge in [0.2, 0.25) is 11.8 Å². The second-order valence-electron chi connectivity index (χ2n) is 7.97. The van der Waals surface area contributed by atoms with Gasteiger partial charge >= 0.3 is 5.97 Å². The van der Waals surface area contributed by atoms with Crippen LogP contribution >= 0.6 is 0 Å². The predicted octanol–water partition coefficient (Wildman–Crippen LogP) is 0.203. The van der Waals surface area contributed by atoms with Crippen molar-refractivity contribution in [3.05, 3.63) is 29.3 Å². The lowest BCUT2D eigenvalue weighted by molar-refractivity contribution is -0.151. The van der Waals surface area contributed by atoms with E-state index in [9.17, 15) is 32.4 Å². The fourth-order valence-electron chi connectivity index (χ4n) is 3.35. The third-order valence-corrected chi connectivity index (χ3v) is 6.12. The molecule has 2 aliphatic rings. The molecule has 0 saturated carbocycles. The summed E-state index contributed by atoms with van der Waals surface area (Å²) in [7, 11) is -4.32. The summed E-state index contributed by atoms with van der Waals surface area (Å²) in [6.45, 7) is 4.74. The van der Waals surface area contributed by atoms with Crippen molar-refractivity contribution >= 4 is 39.4 Å². The average molecular weight is 436 g/mol. The van der Waals surface area contributed by atoms with E-state index in [2.05, 4.69) is 5.32 Å². The van der Waals surface area contributed by atoms with Crippen LogP contribution in [0.2, 0.25) is 0 Å². The topological polar surface area (TPSA) is 144 Å². The van der Waals surface area contributed by atoms with E-state index >= 15 is 0 Å². The Morgan fingerprint density at radius 2 is 1.83 bits per heavy atom. The molecule has 1 atom stereocenters. The van der Waals surface area contributed by atoms with Gasteiger partial charge in [0, 0.05) is 6.42 Å². The van der Waals surface area contributed by atoms with E-state index in [4.69, 9.17) is 4.74 Å². The van der Waals surface area contributed by atoms with Crippen LogP contribution in [0.15, 0.2) is 23.1 Å². The normalized spacial score (nSPS) is 19.6. The van der Waals surface area contributed by atoms with Crippen molar-refractivity contribution in [1.29, 1.82) is 0 Å². The van der Waals surface area contributed by atoms with Crippen molar-refractivity contribution in [2.75, 3.05) is 5.75 Å². The first kappa shape index (κ1) is 21.6. The van der Waals surface area contributed by atoms with Gasteiger partial charge < -0.3 is 4.74 Å². The molecule has 30 heavy (non-hydrogen) atoms. The number of piperidine rings is 1. The molecule has 3 rings (SSSR count). The van der Waals surface area contributed by atoms with E-state index in [1.165, 1.54) is 12.1 Å². The van der Waals surface area contributed by atoms with Crippen molar-refractivity contribution in [2.24, 2.45) is 0 Å². The Bertz CT molecular complexity index is 1080. The van der Waals surface area contributed by atoms with Crippen LogP contribution in [0.5, 0.6) is 0 Å². The smallest absolute Gasteiger partial charge is 0.322 e. The summed E-state index contributed by atoms with van der Waals surface area (Å²) in [5, 5.41) is 2.06. The molecule has 2 aliphatic heterocycles. The number of imide groups is 2. The second-order valence-corrected chi connectivity index (χ2v) is 9.93. The Kier molecular flexibility index (Phi) is 5.27. The quantitative estimate of drug-likeness (QED) is 0.521. The molecule has 1 aromatic carbocycles. The van der Waals surface area contributed by atoms with Crippen LogP contribution in [0, 0.1) is 0 Å². The zero-order valence-corrected chi connectivity index (χ0v) is 17.4. The summed E-state index contributed by atoms with van der Waals surface area (Å²) in [5.74, 6) is -5.14. The van der Waals surface area contributed by atoms with Gasteiger partial charge in [-0.1, -0.05) is 6.07 Å². The Labute approximate surface area is 172 Å². The molecule has 0 aliphatic carbocycles. The summed E-state index contributed by atoms with van der Waals surface area (Å²) in [5.41, 5.74) is -1.48. The lowest BCUT2D eigenvalue weighted by Crippen LogP contribution is -2.54. The van der Waals surface area contributed by atoms with Crippen molar-refractivity contribution in [1.82, 2.24) is 10.2 Å². The average Bonchev–Trinajstić information content (AvgIpc) is 2.84. The number of rotatable bonds is 4. The minimum Gasteiger partial charge on any atom is -0.459 e. The zero-order valence-electron chi connectivity index (χ0n) is 16.6. The first-order chi connectivity index (χ1) is 13.8. The first-order valence-corrected chi connectivity index (χ1v) is 10.8. The molecule has 0 bridgehead atoms. The lowest BCUT2D eigenvalue weighted by Gasteiger charge is -2.27. The maximum absolute atomic E-state index is 13.0. The van der Waals surface area contributed by atoms with Crippen LogP contribution in [-0.2, 0) is 29.0 Å². The number of hydrogen-bond acceptors (Lipinski definition) is 8. The van der Waals surface area contributed by atoms with Gasteiger partial charge in [-0.25, -0.2) is 8.42 Å². The van der Waals surface area contributed by atoms with Crippen LogP contribution < -0.4 is 5.32 Å². The van der Waals surface area contributed by atoms with E-state index in [1.807, 2.05) is 0 Å². The third kappa shape index (κ3) is 3.97. The van der Waals surface area contributed by atoms with Crippen LogP contribution in [0.1, 0.15) is 54.3 Å². The fraction of sp³-hybridized carbons (Fsp3) is 0.421. The number of esters is 1. The van der Waals surface area contributed by atoms with E-state index in [0.717, 1.165) is 6.07 Å². The number of hydrogen-bond donors (Lipinski definition) is 1. The summed E-state index contributed by atoms with van der Waals surface area (Å²) in [6.07, 6.45) is -0.121. The molecule has 4 amide bonds. The van der Waals surface area contributed by atoms with Gasteiger partial charge in [-0.2, -0.15) is 0 Å². The van der Waals surface area contributed by atoms with Gasteiger partial charge in [0.1, 0.15) is 11.6 Å². The number of carbonyl (C=O) groups excluding carboxylic acids is 5. The van der Waals surface area contributed by atoms with Gasteiger partial charge in [0.25, 0.3) is 11.8 Å². The molecule has 1 N–H and O–H groups in total. The number of nitrogens with zero attached hydrogens (tertiary/aromatic N) is 1. The van der Waals surface area contributed by atoms with Crippen LogP contribution in [-0.4, -0.2) is 60.3 Å². The number of ether oxygens (including phenoxy) is 1. The Hall–Kier alpha value is -3.08. The highest BCUT2D eigenvalue weighted by molar-refractivity contribution is 7.92.